The molecule has 0 aromatic heterocycles. The SMILES string of the molecule is NC(=O)C[C@H](NC(=O)c1cc(Br)ccc1Cl)C(=O)[O-]. The average Bonchev–Trinajstić information content (AvgIpc) is 2.30. The summed E-state index contributed by atoms with van der Waals surface area (Å²) in [7, 11) is 0. The molecule has 0 saturated carbocycles. The minimum absolute atomic E-state index is 0.0757. The van der Waals surface area contributed by atoms with Crippen LogP contribution in [0.3, 0.4) is 0 Å². The molecule has 3 N–H and O–H groups in total. The molecule has 1 rings (SSSR count). The van der Waals surface area contributed by atoms with Gasteiger partial charge in [0.1, 0.15) is 0 Å². The molecule has 0 radical (unpaired) electrons. The Hall–Kier alpha value is -1.60. The zero-order valence-electron chi connectivity index (χ0n) is 9.48. The van der Waals surface area contributed by atoms with Crippen LogP contribution in [0.15, 0.2) is 22.7 Å². The molecule has 0 aliphatic rings. The molecule has 0 bridgehead atoms. The fourth-order valence-electron chi connectivity index (χ4n) is 1.30. The number of nitrogens with two attached hydrogens (primary N) is 1. The third-order valence-electron chi connectivity index (χ3n) is 2.17. The second-order valence-corrected chi connectivity index (χ2v) is 4.96. The largest absolute Gasteiger partial charge is 0.548 e. The number of nitrogens with one attached hydrogen (secondary N) is 1. The van der Waals surface area contributed by atoms with E-state index in [2.05, 4.69) is 21.2 Å². The summed E-state index contributed by atoms with van der Waals surface area (Å²) in [5.74, 6) is -3.20. The maximum Gasteiger partial charge on any atom is 0.253 e. The van der Waals surface area contributed by atoms with Crippen LogP contribution in [-0.2, 0) is 9.59 Å². The van der Waals surface area contributed by atoms with Crippen molar-refractivity contribution in [1.82, 2.24) is 5.32 Å². The lowest BCUT2D eigenvalue weighted by molar-refractivity contribution is -0.308. The number of halogens is 2. The lowest BCUT2D eigenvalue weighted by atomic mass is 10.1. The fourth-order valence-corrected chi connectivity index (χ4v) is 1.87. The number of carbonyl (C=O) groups excluding carboxylic acids is 3. The zero-order chi connectivity index (χ0) is 14.6. The lowest BCUT2D eigenvalue weighted by Crippen LogP contribution is -2.49. The highest BCUT2D eigenvalue weighted by Crippen LogP contribution is 2.21. The molecule has 0 fully saturated rings. The Bertz CT molecular complexity index is 535. The molecule has 0 unspecified atom stereocenters. The molecule has 2 amide bonds. The summed E-state index contributed by atoms with van der Waals surface area (Å²) in [4.78, 5) is 33.3. The van der Waals surface area contributed by atoms with Crippen molar-refractivity contribution in [1.29, 1.82) is 0 Å². The molecule has 19 heavy (non-hydrogen) atoms. The van der Waals surface area contributed by atoms with E-state index in [1.54, 1.807) is 6.07 Å². The first-order valence-corrected chi connectivity index (χ1v) is 6.23. The number of carbonyl (C=O) groups is 3. The Labute approximate surface area is 122 Å². The van der Waals surface area contributed by atoms with Crippen LogP contribution in [0.1, 0.15) is 16.8 Å². The van der Waals surface area contributed by atoms with E-state index in [4.69, 9.17) is 17.3 Å². The summed E-state index contributed by atoms with van der Waals surface area (Å²) in [6.45, 7) is 0. The molecule has 0 heterocycles. The molecule has 6 nitrogen and oxygen atoms in total. The van der Waals surface area contributed by atoms with Crippen LogP contribution in [0.4, 0.5) is 0 Å². The summed E-state index contributed by atoms with van der Waals surface area (Å²) in [6.07, 6.45) is -0.556. The molecular weight excluding hydrogens is 339 g/mol. The number of amides is 2. The van der Waals surface area contributed by atoms with E-state index in [1.807, 2.05) is 0 Å². The van der Waals surface area contributed by atoms with Gasteiger partial charge in [-0.3, -0.25) is 9.59 Å². The van der Waals surface area contributed by atoms with Gasteiger partial charge in [-0.1, -0.05) is 27.5 Å². The average molecular weight is 349 g/mol. The maximum atomic E-state index is 11.9. The van der Waals surface area contributed by atoms with Crippen LogP contribution in [0.2, 0.25) is 5.02 Å². The molecule has 102 valence electrons. The number of rotatable bonds is 5. The topological polar surface area (TPSA) is 112 Å². The number of primary amides is 1. The molecule has 8 heteroatoms. The molecule has 0 aliphatic heterocycles. The molecule has 0 aliphatic carbocycles. The van der Waals surface area contributed by atoms with Gasteiger partial charge >= 0.3 is 0 Å². The Balaban J connectivity index is 2.90. The smallest absolute Gasteiger partial charge is 0.253 e. The van der Waals surface area contributed by atoms with Gasteiger partial charge in [-0.2, -0.15) is 0 Å². The van der Waals surface area contributed by atoms with Gasteiger partial charge < -0.3 is 21.0 Å². The van der Waals surface area contributed by atoms with E-state index in [0.717, 1.165) is 0 Å². The predicted octanol–water partition coefficient (Wildman–Crippen LogP) is -0.174. The zero-order valence-corrected chi connectivity index (χ0v) is 11.8. The van der Waals surface area contributed by atoms with Crippen LogP contribution >= 0.6 is 27.5 Å². The van der Waals surface area contributed by atoms with E-state index in [1.165, 1.54) is 12.1 Å². The first-order chi connectivity index (χ1) is 8.81. The second kappa shape index (κ2) is 6.53. The van der Waals surface area contributed by atoms with Crippen LogP contribution < -0.4 is 16.2 Å². The van der Waals surface area contributed by atoms with E-state index < -0.39 is 30.2 Å². The Morgan fingerprint density at radius 3 is 2.58 bits per heavy atom. The van der Waals surface area contributed by atoms with Crippen LogP contribution in [-0.4, -0.2) is 23.8 Å². The van der Waals surface area contributed by atoms with Gasteiger partial charge in [0.25, 0.3) is 5.91 Å². The third-order valence-corrected chi connectivity index (χ3v) is 2.99. The highest BCUT2D eigenvalue weighted by molar-refractivity contribution is 9.10. The van der Waals surface area contributed by atoms with E-state index in [-0.39, 0.29) is 10.6 Å². The van der Waals surface area contributed by atoms with Crippen molar-refractivity contribution in [3.8, 4) is 0 Å². The molecule has 0 spiro atoms. The number of hydrogen-bond acceptors (Lipinski definition) is 4. The predicted molar refractivity (Wildman–Crippen MR) is 69.2 cm³/mol. The first-order valence-electron chi connectivity index (χ1n) is 5.06. The minimum atomic E-state index is -1.60. The summed E-state index contributed by atoms with van der Waals surface area (Å²) in [5, 5.41) is 13.1. The molecule has 1 aromatic rings. The van der Waals surface area contributed by atoms with Gasteiger partial charge in [0.2, 0.25) is 5.91 Å². The van der Waals surface area contributed by atoms with E-state index in [0.29, 0.717) is 4.47 Å². The number of carboxylic acids is 1. The first kappa shape index (κ1) is 15.5. The highest BCUT2D eigenvalue weighted by atomic mass is 79.9. The van der Waals surface area contributed by atoms with Crippen molar-refractivity contribution in [2.24, 2.45) is 5.73 Å². The summed E-state index contributed by atoms with van der Waals surface area (Å²) in [5.41, 5.74) is 4.96. The van der Waals surface area contributed by atoms with Crippen molar-refractivity contribution in [2.45, 2.75) is 12.5 Å². The Kier molecular flexibility index (Phi) is 5.31. The van der Waals surface area contributed by atoms with Gasteiger partial charge in [0.15, 0.2) is 0 Å². The Morgan fingerprint density at radius 2 is 2.05 bits per heavy atom. The quantitative estimate of drug-likeness (QED) is 0.769. The van der Waals surface area contributed by atoms with Crippen molar-refractivity contribution >= 4 is 45.3 Å². The monoisotopic (exact) mass is 347 g/mol. The van der Waals surface area contributed by atoms with E-state index >= 15 is 0 Å². The van der Waals surface area contributed by atoms with Gasteiger partial charge in [0, 0.05) is 4.47 Å². The van der Waals surface area contributed by atoms with E-state index in [9.17, 15) is 19.5 Å². The number of benzene rings is 1. The summed E-state index contributed by atoms with van der Waals surface area (Å²) >= 11 is 8.98. The molecule has 1 aromatic carbocycles. The second-order valence-electron chi connectivity index (χ2n) is 3.64. The van der Waals surface area contributed by atoms with Crippen LogP contribution in [0.5, 0.6) is 0 Å². The maximum absolute atomic E-state index is 11.9. The normalized spacial score (nSPS) is 11.7. The van der Waals surface area contributed by atoms with Gasteiger partial charge in [-0.05, 0) is 18.2 Å². The standard InChI is InChI=1S/C11H10BrClN2O4/c12-5-1-2-7(13)6(3-5)10(17)15-8(11(18)19)4-9(14)16/h1-3,8H,4H2,(H2,14,16)(H,15,17)(H,18,19)/p-1/t8-/m0/s1. The van der Waals surface area contributed by atoms with Crippen molar-refractivity contribution < 1.29 is 19.5 Å². The summed E-state index contributed by atoms with van der Waals surface area (Å²) < 4.78 is 0.599. The van der Waals surface area contributed by atoms with Crippen molar-refractivity contribution in [2.75, 3.05) is 0 Å². The van der Waals surface area contributed by atoms with Crippen LogP contribution in [0.25, 0.3) is 0 Å². The lowest BCUT2D eigenvalue weighted by Gasteiger charge is -2.18. The highest BCUT2D eigenvalue weighted by Gasteiger charge is 2.18. The summed E-state index contributed by atoms with van der Waals surface area (Å²) in [6, 6.07) is 3.02. The Morgan fingerprint density at radius 1 is 1.42 bits per heavy atom. The fraction of sp³-hybridized carbons (Fsp3) is 0.182. The molecular formula is C11H9BrClN2O4-. The van der Waals surface area contributed by atoms with Crippen molar-refractivity contribution in [3.63, 3.8) is 0 Å². The third kappa shape index (κ3) is 4.53. The van der Waals surface area contributed by atoms with Gasteiger partial charge in [0.05, 0.1) is 29.0 Å². The number of aliphatic carboxylic acids is 1. The molecule has 0 saturated heterocycles. The van der Waals surface area contributed by atoms with Crippen LogP contribution in [0, 0.1) is 0 Å². The van der Waals surface area contributed by atoms with Gasteiger partial charge in [-0.25, -0.2) is 0 Å². The molecule has 1 atom stereocenters. The van der Waals surface area contributed by atoms with Crippen molar-refractivity contribution in [3.05, 3.63) is 33.3 Å². The van der Waals surface area contributed by atoms with Gasteiger partial charge in [-0.15, -0.1) is 0 Å². The number of carboxylic acid groups (broad SMARTS) is 1. The minimum Gasteiger partial charge on any atom is -0.548 e. The number of hydrogen-bond donors (Lipinski definition) is 2.